The van der Waals surface area contributed by atoms with Crippen molar-refractivity contribution in [2.45, 2.75) is 0 Å². The van der Waals surface area contributed by atoms with E-state index in [1.54, 1.807) is 18.7 Å². The average Bonchev–Trinajstić information content (AvgIpc) is 2.51. The van der Waals surface area contributed by atoms with Crippen LogP contribution in [0.2, 0.25) is 0 Å². The quantitative estimate of drug-likeness (QED) is 0.712. The van der Waals surface area contributed by atoms with Gasteiger partial charge in [0, 0.05) is 18.0 Å². The lowest BCUT2D eigenvalue weighted by molar-refractivity contribution is 0.416. The van der Waals surface area contributed by atoms with Gasteiger partial charge in [-0.05, 0) is 29.7 Å². The van der Waals surface area contributed by atoms with E-state index in [-0.39, 0.29) is 5.56 Å². The summed E-state index contributed by atoms with van der Waals surface area (Å²) in [5.41, 5.74) is 1.77. The van der Waals surface area contributed by atoms with Crippen molar-refractivity contribution >= 4 is 10.8 Å². The molecule has 0 saturated carbocycles. The number of benzene rings is 2. The minimum absolute atomic E-state index is 0.00371. The highest BCUT2D eigenvalue weighted by Gasteiger charge is 2.11. The van der Waals surface area contributed by atoms with Crippen LogP contribution < -0.4 is 10.3 Å². The van der Waals surface area contributed by atoms with Gasteiger partial charge in [0.25, 0.3) is 5.56 Å². The standard InChI is InChI=1S/C17H15NO2/c1-18-15(14-9-5-6-10-16(14)20-2)11-12-7-3-4-8-13(12)17(18)19/h3-11H,1-2H3. The lowest BCUT2D eigenvalue weighted by Crippen LogP contribution is -2.18. The third-order valence-corrected chi connectivity index (χ3v) is 3.53. The maximum absolute atomic E-state index is 12.4. The number of aromatic nitrogens is 1. The second-order valence-corrected chi connectivity index (χ2v) is 4.68. The van der Waals surface area contributed by atoms with Gasteiger partial charge < -0.3 is 9.30 Å². The summed E-state index contributed by atoms with van der Waals surface area (Å²) in [6, 6.07) is 17.4. The van der Waals surface area contributed by atoms with Gasteiger partial charge in [0.15, 0.2) is 0 Å². The highest BCUT2D eigenvalue weighted by atomic mass is 16.5. The Morgan fingerprint density at radius 1 is 1.00 bits per heavy atom. The molecule has 3 heteroatoms. The van der Waals surface area contributed by atoms with Gasteiger partial charge >= 0.3 is 0 Å². The van der Waals surface area contributed by atoms with Crippen LogP contribution in [-0.4, -0.2) is 11.7 Å². The molecule has 0 aliphatic rings. The van der Waals surface area contributed by atoms with Gasteiger partial charge in [-0.1, -0.05) is 30.3 Å². The van der Waals surface area contributed by atoms with Crippen molar-refractivity contribution in [1.82, 2.24) is 4.57 Å². The SMILES string of the molecule is COc1ccccc1-c1cc2ccccc2c(=O)n1C. The molecular weight excluding hydrogens is 250 g/mol. The minimum Gasteiger partial charge on any atom is -0.496 e. The number of pyridine rings is 1. The lowest BCUT2D eigenvalue weighted by atomic mass is 10.1. The van der Waals surface area contributed by atoms with Crippen molar-refractivity contribution in [3.8, 4) is 17.0 Å². The number of hydrogen-bond donors (Lipinski definition) is 0. The van der Waals surface area contributed by atoms with Gasteiger partial charge in [-0.15, -0.1) is 0 Å². The summed E-state index contributed by atoms with van der Waals surface area (Å²) in [5, 5.41) is 1.67. The first kappa shape index (κ1) is 12.5. The van der Waals surface area contributed by atoms with Gasteiger partial charge in [-0.25, -0.2) is 0 Å². The van der Waals surface area contributed by atoms with E-state index >= 15 is 0 Å². The number of methoxy groups -OCH3 is 1. The zero-order valence-corrected chi connectivity index (χ0v) is 11.5. The van der Waals surface area contributed by atoms with Crippen molar-refractivity contribution in [3.05, 3.63) is 65.0 Å². The van der Waals surface area contributed by atoms with Crippen molar-refractivity contribution < 1.29 is 4.74 Å². The van der Waals surface area contributed by atoms with E-state index in [1.165, 1.54) is 0 Å². The molecule has 0 bridgehead atoms. The van der Waals surface area contributed by atoms with E-state index in [0.29, 0.717) is 0 Å². The Kier molecular flexibility index (Phi) is 3.03. The van der Waals surface area contributed by atoms with Crippen LogP contribution in [0.4, 0.5) is 0 Å². The number of rotatable bonds is 2. The normalized spacial score (nSPS) is 10.7. The van der Waals surface area contributed by atoms with Crippen LogP contribution in [0.15, 0.2) is 59.4 Å². The summed E-state index contributed by atoms with van der Waals surface area (Å²) >= 11 is 0. The van der Waals surface area contributed by atoms with E-state index < -0.39 is 0 Å². The molecule has 100 valence electrons. The van der Waals surface area contributed by atoms with Crippen LogP contribution in [0.3, 0.4) is 0 Å². The fourth-order valence-electron chi connectivity index (χ4n) is 2.47. The third-order valence-electron chi connectivity index (χ3n) is 3.53. The molecule has 3 aromatic rings. The fraction of sp³-hybridized carbons (Fsp3) is 0.118. The van der Waals surface area contributed by atoms with Crippen LogP contribution in [0.5, 0.6) is 5.75 Å². The lowest BCUT2D eigenvalue weighted by Gasteiger charge is -2.13. The van der Waals surface area contributed by atoms with Crippen molar-refractivity contribution in [2.75, 3.05) is 7.11 Å². The predicted molar refractivity (Wildman–Crippen MR) is 81.2 cm³/mol. The van der Waals surface area contributed by atoms with Crippen molar-refractivity contribution in [2.24, 2.45) is 7.05 Å². The molecule has 0 fully saturated rings. The molecule has 0 saturated heterocycles. The highest BCUT2D eigenvalue weighted by molar-refractivity contribution is 5.86. The van der Waals surface area contributed by atoms with E-state index in [4.69, 9.17) is 4.74 Å². The van der Waals surface area contributed by atoms with E-state index in [1.807, 2.05) is 54.6 Å². The molecule has 2 aromatic carbocycles. The molecule has 3 nitrogen and oxygen atoms in total. The van der Waals surface area contributed by atoms with Crippen LogP contribution in [0.1, 0.15) is 0 Å². The summed E-state index contributed by atoms with van der Waals surface area (Å²) in [6.07, 6.45) is 0. The summed E-state index contributed by atoms with van der Waals surface area (Å²) < 4.78 is 7.06. The Morgan fingerprint density at radius 3 is 2.50 bits per heavy atom. The van der Waals surface area contributed by atoms with Crippen molar-refractivity contribution in [1.29, 1.82) is 0 Å². The molecule has 0 radical (unpaired) electrons. The molecule has 3 rings (SSSR count). The molecule has 1 heterocycles. The van der Waals surface area contributed by atoms with Crippen molar-refractivity contribution in [3.63, 3.8) is 0 Å². The first-order valence-electron chi connectivity index (χ1n) is 6.44. The fourth-order valence-corrected chi connectivity index (χ4v) is 2.47. The van der Waals surface area contributed by atoms with E-state index in [2.05, 4.69) is 0 Å². The molecule has 0 spiro atoms. The number of nitrogens with zero attached hydrogens (tertiary/aromatic N) is 1. The molecule has 1 aromatic heterocycles. The second kappa shape index (κ2) is 4.85. The van der Waals surface area contributed by atoms with Gasteiger partial charge in [0.1, 0.15) is 5.75 Å². The monoisotopic (exact) mass is 265 g/mol. The van der Waals surface area contributed by atoms with E-state index in [9.17, 15) is 4.79 Å². The Bertz CT molecular complexity index is 834. The number of ether oxygens (including phenoxy) is 1. The Hall–Kier alpha value is -2.55. The molecule has 20 heavy (non-hydrogen) atoms. The first-order chi connectivity index (χ1) is 9.72. The molecule has 0 N–H and O–H groups in total. The molecule has 0 aliphatic heterocycles. The Morgan fingerprint density at radius 2 is 1.70 bits per heavy atom. The zero-order chi connectivity index (χ0) is 14.1. The highest BCUT2D eigenvalue weighted by Crippen LogP contribution is 2.29. The summed E-state index contributed by atoms with van der Waals surface area (Å²) in [4.78, 5) is 12.4. The minimum atomic E-state index is 0.00371. The van der Waals surface area contributed by atoms with Crippen LogP contribution in [-0.2, 0) is 7.05 Å². The number of fused-ring (bicyclic) bond motifs is 1. The Balaban J connectivity index is 2.37. The van der Waals surface area contributed by atoms with Gasteiger partial charge in [0.05, 0.1) is 12.8 Å². The van der Waals surface area contributed by atoms with Crippen LogP contribution in [0.25, 0.3) is 22.0 Å². The molecule has 0 amide bonds. The Labute approximate surface area is 117 Å². The van der Waals surface area contributed by atoms with E-state index in [0.717, 1.165) is 27.8 Å². The summed E-state index contributed by atoms with van der Waals surface area (Å²) in [7, 11) is 3.43. The first-order valence-corrected chi connectivity index (χ1v) is 6.44. The van der Waals surface area contributed by atoms with Gasteiger partial charge in [-0.3, -0.25) is 4.79 Å². The topological polar surface area (TPSA) is 31.2 Å². The number of para-hydroxylation sites is 1. The molecule has 0 unspecified atom stereocenters. The third kappa shape index (κ3) is 1.88. The maximum atomic E-state index is 12.4. The van der Waals surface area contributed by atoms with Gasteiger partial charge in [-0.2, -0.15) is 0 Å². The van der Waals surface area contributed by atoms with Crippen LogP contribution >= 0.6 is 0 Å². The average molecular weight is 265 g/mol. The summed E-state index contributed by atoms with van der Waals surface area (Å²) in [6.45, 7) is 0. The van der Waals surface area contributed by atoms with Gasteiger partial charge in [0.2, 0.25) is 0 Å². The number of hydrogen-bond acceptors (Lipinski definition) is 2. The largest absolute Gasteiger partial charge is 0.496 e. The molecular formula is C17H15NO2. The molecule has 0 aliphatic carbocycles. The summed E-state index contributed by atoms with van der Waals surface area (Å²) in [5.74, 6) is 0.762. The second-order valence-electron chi connectivity index (χ2n) is 4.68. The predicted octanol–water partition coefficient (Wildman–Crippen LogP) is 3.21. The van der Waals surface area contributed by atoms with Crippen LogP contribution in [0, 0.1) is 0 Å². The maximum Gasteiger partial charge on any atom is 0.258 e. The molecule has 0 atom stereocenters. The smallest absolute Gasteiger partial charge is 0.258 e. The zero-order valence-electron chi connectivity index (χ0n) is 11.5.